The van der Waals surface area contributed by atoms with Gasteiger partial charge in [0.1, 0.15) is 0 Å². The Hall–Kier alpha value is -0.380. The van der Waals surface area contributed by atoms with E-state index < -0.39 is 0 Å². The standard InChI is InChI=1S/C14H23NOS/c1-11-9-12(10-17-11)13(16)14(15(2)3)7-5-4-6-8-14/h9-10,13,16H,4-8H2,1-3H3. The minimum absolute atomic E-state index is 0.0498. The summed E-state index contributed by atoms with van der Waals surface area (Å²) in [7, 11) is 4.21. The van der Waals surface area contributed by atoms with Gasteiger partial charge in [-0.1, -0.05) is 19.3 Å². The fourth-order valence-corrected chi connectivity index (χ4v) is 3.77. The van der Waals surface area contributed by atoms with E-state index in [-0.39, 0.29) is 11.6 Å². The summed E-state index contributed by atoms with van der Waals surface area (Å²) in [6, 6.07) is 2.13. The SMILES string of the molecule is Cc1cc(C(O)C2(N(C)C)CCCCC2)cs1. The van der Waals surface area contributed by atoms with Crippen LogP contribution in [0.25, 0.3) is 0 Å². The van der Waals surface area contributed by atoms with Crippen molar-refractivity contribution in [2.45, 2.75) is 50.7 Å². The van der Waals surface area contributed by atoms with Crippen LogP contribution < -0.4 is 0 Å². The van der Waals surface area contributed by atoms with E-state index in [2.05, 4.69) is 37.4 Å². The number of rotatable bonds is 3. The summed E-state index contributed by atoms with van der Waals surface area (Å²) in [6.45, 7) is 2.10. The van der Waals surface area contributed by atoms with Crippen molar-refractivity contribution in [3.8, 4) is 0 Å². The van der Waals surface area contributed by atoms with Gasteiger partial charge < -0.3 is 10.0 Å². The highest BCUT2D eigenvalue weighted by Crippen LogP contribution is 2.42. The first kappa shape index (κ1) is 13.1. The second-order valence-corrected chi connectivity index (χ2v) is 6.57. The Morgan fingerprint density at radius 3 is 2.41 bits per heavy atom. The highest BCUT2D eigenvalue weighted by molar-refractivity contribution is 7.10. The van der Waals surface area contributed by atoms with Gasteiger partial charge in [0, 0.05) is 4.88 Å². The summed E-state index contributed by atoms with van der Waals surface area (Å²) in [5.41, 5.74) is 1.05. The summed E-state index contributed by atoms with van der Waals surface area (Å²) < 4.78 is 0. The summed E-state index contributed by atoms with van der Waals surface area (Å²) >= 11 is 1.73. The molecule has 1 heterocycles. The van der Waals surface area contributed by atoms with Gasteiger partial charge in [0.15, 0.2) is 0 Å². The lowest BCUT2D eigenvalue weighted by Gasteiger charge is -2.46. The Morgan fingerprint density at radius 2 is 1.94 bits per heavy atom. The molecule has 0 aromatic carbocycles. The van der Waals surface area contributed by atoms with E-state index in [9.17, 15) is 5.11 Å². The second kappa shape index (κ2) is 5.09. The van der Waals surface area contributed by atoms with Gasteiger partial charge in [-0.2, -0.15) is 0 Å². The lowest BCUT2D eigenvalue weighted by atomic mass is 9.75. The van der Waals surface area contributed by atoms with E-state index >= 15 is 0 Å². The van der Waals surface area contributed by atoms with Crippen LogP contribution in [0.3, 0.4) is 0 Å². The molecule has 1 N–H and O–H groups in total. The Bertz CT molecular complexity index is 366. The summed E-state index contributed by atoms with van der Waals surface area (Å²) in [4.78, 5) is 3.52. The van der Waals surface area contributed by atoms with Crippen molar-refractivity contribution < 1.29 is 5.11 Å². The predicted octanol–water partition coefficient (Wildman–Crippen LogP) is 3.35. The van der Waals surface area contributed by atoms with Crippen LogP contribution >= 0.6 is 11.3 Å². The molecule has 0 radical (unpaired) electrons. The van der Waals surface area contributed by atoms with E-state index in [4.69, 9.17) is 0 Å². The maximum atomic E-state index is 10.7. The van der Waals surface area contributed by atoms with Gasteiger partial charge in [0.2, 0.25) is 0 Å². The number of hydrogen-bond donors (Lipinski definition) is 1. The molecule has 1 aliphatic rings. The van der Waals surface area contributed by atoms with Crippen molar-refractivity contribution >= 4 is 11.3 Å². The second-order valence-electron chi connectivity index (χ2n) is 5.45. The Labute approximate surface area is 108 Å². The normalized spacial score (nSPS) is 21.7. The van der Waals surface area contributed by atoms with Crippen LogP contribution in [0.15, 0.2) is 11.4 Å². The molecule has 1 aromatic heterocycles. The van der Waals surface area contributed by atoms with Gasteiger partial charge >= 0.3 is 0 Å². The lowest BCUT2D eigenvalue weighted by molar-refractivity contribution is -0.0334. The molecule has 0 saturated heterocycles. The topological polar surface area (TPSA) is 23.5 Å². The maximum Gasteiger partial charge on any atom is 0.0981 e. The van der Waals surface area contributed by atoms with E-state index in [1.165, 1.54) is 24.1 Å². The molecule has 1 aliphatic carbocycles. The van der Waals surface area contributed by atoms with Gasteiger partial charge in [-0.25, -0.2) is 0 Å². The number of aliphatic hydroxyl groups excluding tert-OH is 1. The van der Waals surface area contributed by atoms with Gasteiger partial charge in [-0.05, 0) is 50.9 Å². The van der Waals surface area contributed by atoms with Crippen LogP contribution in [0.1, 0.15) is 48.6 Å². The average Bonchev–Trinajstić information content (AvgIpc) is 2.75. The van der Waals surface area contributed by atoms with E-state index in [1.54, 1.807) is 11.3 Å². The van der Waals surface area contributed by atoms with E-state index in [0.29, 0.717) is 0 Å². The maximum absolute atomic E-state index is 10.7. The minimum atomic E-state index is -0.345. The molecular weight excluding hydrogens is 230 g/mol. The molecule has 17 heavy (non-hydrogen) atoms. The van der Waals surface area contributed by atoms with Crippen LogP contribution in [0, 0.1) is 6.92 Å². The molecule has 1 atom stereocenters. The first-order valence-corrected chi connectivity index (χ1v) is 7.35. The molecule has 3 heteroatoms. The molecule has 0 spiro atoms. The first-order chi connectivity index (χ1) is 8.06. The quantitative estimate of drug-likeness (QED) is 0.893. The monoisotopic (exact) mass is 253 g/mol. The predicted molar refractivity (Wildman–Crippen MR) is 73.5 cm³/mol. The Morgan fingerprint density at radius 1 is 1.29 bits per heavy atom. The highest BCUT2D eigenvalue weighted by atomic mass is 32.1. The zero-order chi connectivity index (χ0) is 12.5. The van der Waals surface area contributed by atoms with Crippen LogP contribution in [0.5, 0.6) is 0 Å². The fraction of sp³-hybridized carbons (Fsp3) is 0.714. The van der Waals surface area contributed by atoms with Crippen molar-refractivity contribution in [2.24, 2.45) is 0 Å². The first-order valence-electron chi connectivity index (χ1n) is 6.47. The van der Waals surface area contributed by atoms with Crippen molar-refractivity contribution in [1.82, 2.24) is 4.90 Å². The summed E-state index contributed by atoms with van der Waals surface area (Å²) in [6.07, 6.45) is 5.65. The van der Waals surface area contributed by atoms with Crippen LogP contribution in [-0.4, -0.2) is 29.6 Å². The fourth-order valence-electron chi connectivity index (χ4n) is 3.05. The molecule has 2 rings (SSSR count). The molecule has 1 saturated carbocycles. The molecule has 0 amide bonds. The summed E-state index contributed by atoms with van der Waals surface area (Å²) in [5.74, 6) is 0. The summed E-state index contributed by atoms with van der Waals surface area (Å²) in [5, 5.41) is 12.9. The number of aryl methyl sites for hydroxylation is 1. The zero-order valence-corrected chi connectivity index (χ0v) is 11.9. The molecule has 96 valence electrons. The van der Waals surface area contributed by atoms with Crippen LogP contribution in [0.4, 0.5) is 0 Å². The van der Waals surface area contributed by atoms with Crippen LogP contribution in [0.2, 0.25) is 0 Å². The number of likely N-dealkylation sites (N-methyl/N-ethyl adjacent to an activating group) is 1. The van der Waals surface area contributed by atoms with Gasteiger partial charge in [-0.3, -0.25) is 0 Å². The Balaban J connectivity index is 2.26. The third-order valence-electron chi connectivity index (χ3n) is 4.19. The lowest BCUT2D eigenvalue weighted by Crippen LogP contribution is -2.50. The molecular formula is C14H23NOS. The largest absolute Gasteiger partial charge is 0.386 e. The number of nitrogens with zero attached hydrogens (tertiary/aromatic N) is 1. The number of hydrogen-bond acceptors (Lipinski definition) is 3. The van der Waals surface area contributed by atoms with E-state index in [0.717, 1.165) is 18.4 Å². The number of thiophene rings is 1. The molecule has 0 bridgehead atoms. The third-order valence-corrected chi connectivity index (χ3v) is 5.07. The van der Waals surface area contributed by atoms with Gasteiger partial charge in [0.05, 0.1) is 11.6 Å². The molecule has 1 unspecified atom stereocenters. The van der Waals surface area contributed by atoms with Gasteiger partial charge in [-0.15, -0.1) is 11.3 Å². The Kier molecular flexibility index (Phi) is 3.91. The number of aliphatic hydroxyl groups is 1. The van der Waals surface area contributed by atoms with Crippen LogP contribution in [-0.2, 0) is 0 Å². The highest BCUT2D eigenvalue weighted by Gasteiger charge is 2.41. The van der Waals surface area contributed by atoms with Crippen molar-refractivity contribution in [3.05, 3.63) is 21.9 Å². The van der Waals surface area contributed by atoms with Crippen molar-refractivity contribution in [3.63, 3.8) is 0 Å². The third kappa shape index (κ3) is 2.42. The molecule has 0 aliphatic heterocycles. The molecule has 1 aromatic rings. The van der Waals surface area contributed by atoms with Gasteiger partial charge in [0.25, 0.3) is 0 Å². The smallest absolute Gasteiger partial charge is 0.0981 e. The zero-order valence-electron chi connectivity index (χ0n) is 11.1. The van der Waals surface area contributed by atoms with Crippen molar-refractivity contribution in [1.29, 1.82) is 0 Å². The molecule has 1 fully saturated rings. The average molecular weight is 253 g/mol. The molecule has 2 nitrogen and oxygen atoms in total. The van der Waals surface area contributed by atoms with Crippen molar-refractivity contribution in [2.75, 3.05) is 14.1 Å². The minimum Gasteiger partial charge on any atom is -0.386 e. The van der Waals surface area contributed by atoms with E-state index in [1.807, 2.05) is 0 Å².